The number of rotatable bonds is 5. The average Bonchev–Trinajstić information content (AvgIpc) is 3.14. The topological polar surface area (TPSA) is 111 Å². The first-order chi connectivity index (χ1) is 13.1. The Morgan fingerprint density at radius 3 is 2.81 bits per heavy atom. The highest BCUT2D eigenvalue weighted by atomic mass is 16.4. The van der Waals surface area contributed by atoms with Crippen LogP contribution in [0.3, 0.4) is 0 Å². The van der Waals surface area contributed by atoms with E-state index in [0.717, 1.165) is 16.6 Å². The number of phenolic OH excluding ortho intramolecular Hbond substituents is 1. The standard InChI is InChI=1S/C20H16N4O3/c25-15-8-12(7-13(9-15)20(26)27)17-10-18(24-19-16(17)4-6-22-19)23-11-14-3-1-2-5-21-14/h1-10,25H,11H2,(H,26,27)(H2,22,23,24). The summed E-state index contributed by atoms with van der Waals surface area (Å²) in [6.45, 7) is 0.500. The third-order valence-electron chi connectivity index (χ3n) is 4.18. The summed E-state index contributed by atoms with van der Waals surface area (Å²) in [6, 6.07) is 13.7. The molecule has 0 spiro atoms. The fourth-order valence-corrected chi connectivity index (χ4v) is 2.94. The van der Waals surface area contributed by atoms with E-state index < -0.39 is 5.97 Å². The van der Waals surface area contributed by atoms with Crippen LogP contribution in [0, 0.1) is 0 Å². The molecule has 1 aromatic carbocycles. The molecule has 0 radical (unpaired) electrons. The van der Waals surface area contributed by atoms with Gasteiger partial charge in [-0.2, -0.15) is 0 Å². The molecule has 7 heteroatoms. The maximum atomic E-state index is 11.3. The first-order valence-electron chi connectivity index (χ1n) is 8.30. The minimum absolute atomic E-state index is 0.0218. The number of aromatic carboxylic acids is 1. The van der Waals surface area contributed by atoms with Crippen molar-refractivity contribution < 1.29 is 15.0 Å². The molecule has 0 aliphatic carbocycles. The van der Waals surface area contributed by atoms with Crippen molar-refractivity contribution in [1.29, 1.82) is 0 Å². The molecule has 4 N–H and O–H groups in total. The lowest BCUT2D eigenvalue weighted by Crippen LogP contribution is -2.03. The van der Waals surface area contributed by atoms with Crippen molar-refractivity contribution in [3.63, 3.8) is 0 Å². The van der Waals surface area contributed by atoms with E-state index in [1.807, 2.05) is 30.3 Å². The highest BCUT2D eigenvalue weighted by Gasteiger charge is 2.13. The molecule has 134 valence electrons. The van der Waals surface area contributed by atoms with Crippen molar-refractivity contribution in [1.82, 2.24) is 15.0 Å². The van der Waals surface area contributed by atoms with Gasteiger partial charge in [-0.1, -0.05) is 6.07 Å². The van der Waals surface area contributed by atoms with E-state index in [1.54, 1.807) is 12.4 Å². The molecule has 0 saturated heterocycles. The fraction of sp³-hybridized carbons (Fsp3) is 0.0500. The van der Waals surface area contributed by atoms with Crippen LogP contribution in [0.15, 0.2) is 60.9 Å². The fourth-order valence-electron chi connectivity index (χ4n) is 2.94. The number of hydrogen-bond acceptors (Lipinski definition) is 5. The molecule has 0 bridgehead atoms. The number of carbonyl (C=O) groups is 1. The van der Waals surface area contributed by atoms with E-state index >= 15 is 0 Å². The highest BCUT2D eigenvalue weighted by Crippen LogP contribution is 2.32. The molecule has 0 aliphatic heterocycles. The number of aromatic hydroxyl groups is 1. The Morgan fingerprint density at radius 1 is 1.15 bits per heavy atom. The molecule has 4 rings (SSSR count). The van der Waals surface area contributed by atoms with Crippen molar-refractivity contribution in [2.45, 2.75) is 6.54 Å². The van der Waals surface area contributed by atoms with Crippen molar-refractivity contribution in [3.8, 4) is 16.9 Å². The first-order valence-corrected chi connectivity index (χ1v) is 8.30. The van der Waals surface area contributed by atoms with Crippen LogP contribution in [0.1, 0.15) is 16.1 Å². The van der Waals surface area contributed by atoms with Gasteiger partial charge in [-0.15, -0.1) is 0 Å². The van der Waals surface area contributed by atoms with E-state index in [9.17, 15) is 15.0 Å². The lowest BCUT2D eigenvalue weighted by atomic mass is 10.0. The van der Waals surface area contributed by atoms with Crippen LogP contribution in [-0.2, 0) is 6.54 Å². The number of aromatic nitrogens is 3. The zero-order valence-electron chi connectivity index (χ0n) is 14.2. The van der Waals surface area contributed by atoms with Gasteiger partial charge in [0.1, 0.15) is 17.2 Å². The normalized spacial score (nSPS) is 10.8. The van der Waals surface area contributed by atoms with Crippen LogP contribution in [0.4, 0.5) is 5.82 Å². The van der Waals surface area contributed by atoms with Crippen molar-refractivity contribution in [2.75, 3.05) is 5.32 Å². The maximum absolute atomic E-state index is 11.3. The van der Waals surface area contributed by atoms with Crippen LogP contribution < -0.4 is 5.32 Å². The Labute approximate surface area is 154 Å². The zero-order chi connectivity index (χ0) is 18.8. The Kier molecular flexibility index (Phi) is 4.18. The summed E-state index contributed by atoms with van der Waals surface area (Å²) < 4.78 is 0. The Bertz CT molecular complexity index is 1120. The van der Waals surface area contributed by atoms with Crippen LogP contribution in [-0.4, -0.2) is 31.1 Å². The number of H-pyrrole nitrogens is 1. The number of fused-ring (bicyclic) bond motifs is 1. The molecule has 4 aromatic rings. The number of benzene rings is 1. The lowest BCUT2D eigenvalue weighted by molar-refractivity contribution is 0.0696. The van der Waals surface area contributed by atoms with Crippen LogP contribution in [0.5, 0.6) is 5.75 Å². The molecule has 3 heterocycles. The van der Waals surface area contributed by atoms with E-state index in [-0.39, 0.29) is 11.3 Å². The lowest BCUT2D eigenvalue weighted by Gasteiger charge is -2.10. The molecule has 0 atom stereocenters. The number of nitrogens with zero attached hydrogens (tertiary/aromatic N) is 2. The molecule has 0 unspecified atom stereocenters. The number of anilines is 1. The van der Waals surface area contributed by atoms with E-state index in [0.29, 0.717) is 23.6 Å². The Morgan fingerprint density at radius 2 is 2.04 bits per heavy atom. The van der Waals surface area contributed by atoms with E-state index in [2.05, 4.69) is 20.3 Å². The quantitative estimate of drug-likeness (QED) is 0.432. The van der Waals surface area contributed by atoms with Crippen LogP contribution in [0.2, 0.25) is 0 Å². The maximum Gasteiger partial charge on any atom is 0.335 e. The van der Waals surface area contributed by atoms with Gasteiger partial charge in [0.25, 0.3) is 0 Å². The smallest absolute Gasteiger partial charge is 0.335 e. The second kappa shape index (κ2) is 6.80. The summed E-state index contributed by atoms with van der Waals surface area (Å²) in [7, 11) is 0. The summed E-state index contributed by atoms with van der Waals surface area (Å²) in [5.41, 5.74) is 2.92. The van der Waals surface area contributed by atoms with Crippen LogP contribution in [0.25, 0.3) is 22.2 Å². The molecule has 0 aliphatic rings. The second-order valence-corrected chi connectivity index (χ2v) is 6.04. The number of hydrogen-bond donors (Lipinski definition) is 4. The molecular weight excluding hydrogens is 344 g/mol. The number of phenols is 1. The third kappa shape index (κ3) is 3.43. The molecule has 0 amide bonds. The van der Waals surface area contributed by atoms with Crippen molar-refractivity contribution in [3.05, 3.63) is 72.2 Å². The van der Waals surface area contributed by atoms with Gasteiger partial charge in [-0.25, -0.2) is 9.78 Å². The number of nitrogens with one attached hydrogen (secondary N) is 2. The third-order valence-corrected chi connectivity index (χ3v) is 4.18. The van der Waals surface area contributed by atoms with Crippen molar-refractivity contribution in [2.24, 2.45) is 0 Å². The summed E-state index contributed by atoms with van der Waals surface area (Å²) in [4.78, 5) is 23.2. The van der Waals surface area contributed by atoms with E-state index in [4.69, 9.17) is 0 Å². The first kappa shape index (κ1) is 16.6. The van der Waals surface area contributed by atoms with Gasteiger partial charge in [-0.3, -0.25) is 4.98 Å². The predicted octanol–water partition coefficient (Wildman–Crippen LogP) is 3.64. The van der Waals surface area contributed by atoms with Gasteiger partial charge in [0.15, 0.2) is 0 Å². The molecule has 7 nitrogen and oxygen atoms in total. The minimum Gasteiger partial charge on any atom is -0.508 e. The summed E-state index contributed by atoms with van der Waals surface area (Å²) >= 11 is 0. The number of aromatic amines is 1. The summed E-state index contributed by atoms with van der Waals surface area (Å²) in [6.07, 6.45) is 3.49. The predicted molar refractivity (Wildman–Crippen MR) is 102 cm³/mol. The summed E-state index contributed by atoms with van der Waals surface area (Å²) in [5.74, 6) is -0.584. The number of carboxylic acids is 1. The van der Waals surface area contributed by atoms with Gasteiger partial charge >= 0.3 is 5.97 Å². The van der Waals surface area contributed by atoms with E-state index in [1.165, 1.54) is 18.2 Å². The molecule has 0 fully saturated rings. The van der Waals surface area contributed by atoms with Gasteiger partial charge in [0.05, 0.1) is 17.8 Å². The van der Waals surface area contributed by atoms with Gasteiger partial charge in [-0.05, 0) is 53.6 Å². The summed E-state index contributed by atoms with van der Waals surface area (Å²) in [5, 5.41) is 23.3. The van der Waals surface area contributed by atoms with Crippen LogP contribution >= 0.6 is 0 Å². The molecule has 0 saturated carbocycles. The highest BCUT2D eigenvalue weighted by molar-refractivity contribution is 5.97. The monoisotopic (exact) mass is 360 g/mol. The van der Waals surface area contributed by atoms with Gasteiger partial charge in [0.2, 0.25) is 0 Å². The van der Waals surface area contributed by atoms with Gasteiger partial charge in [0, 0.05) is 17.8 Å². The molecular formula is C20H16N4O3. The Hall–Kier alpha value is -3.87. The average molecular weight is 360 g/mol. The SMILES string of the molecule is O=C(O)c1cc(O)cc(-c2cc(NCc3ccccn3)nc3[nH]ccc23)c1. The zero-order valence-corrected chi connectivity index (χ0v) is 14.2. The molecule has 27 heavy (non-hydrogen) atoms. The Balaban J connectivity index is 1.76. The van der Waals surface area contributed by atoms with Crippen molar-refractivity contribution >= 4 is 22.8 Å². The molecule has 3 aromatic heterocycles. The second-order valence-electron chi connectivity index (χ2n) is 6.04. The van der Waals surface area contributed by atoms with Gasteiger partial charge < -0.3 is 20.5 Å². The number of carboxylic acid groups (broad SMARTS) is 1. The largest absolute Gasteiger partial charge is 0.508 e. The number of pyridine rings is 2. The minimum atomic E-state index is -1.10.